The van der Waals surface area contributed by atoms with Gasteiger partial charge in [0.25, 0.3) is 11.8 Å². The van der Waals surface area contributed by atoms with Gasteiger partial charge in [0, 0.05) is 10.2 Å². The van der Waals surface area contributed by atoms with Crippen molar-refractivity contribution in [2.24, 2.45) is 0 Å². The van der Waals surface area contributed by atoms with Crippen LogP contribution in [0.1, 0.15) is 21.7 Å². The van der Waals surface area contributed by atoms with Crippen molar-refractivity contribution >= 4 is 55.4 Å². The molecule has 2 amide bonds. The second kappa shape index (κ2) is 9.03. The highest BCUT2D eigenvalue weighted by molar-refractivity contribution is 9.10. The molecule has 5 nitrogen and oxygen atoms in total. The summed E-state index contributed by atoms with van der Waals surface area (Å²) in [7, 11) is 0. The monoisotopic (exact) mass is 502 g/mol. The topological polar surface area (TPSA) is 71.3 Å². The molecule has 0 aliphatic rings. The smallest absolute Gasteiger partial charge is 0.291 e. The molecular formula is C21H16Br2N2O3. The van der Waals surface area contributed by atoms with Crippen molar-refractivity contribution in [2.45, 2.75) is 6.92 Å². The van der Waals surface area contributed by atoms with Gasteiger partial charge in [-0.1, -0.05) is 45.8 Å². The molecule has 3 rings (SSSR count). The average Bonchev–Trinajstić information content (AvgIpc) is 3.11. The molecule has 0 atom stereocenters. The molecule has 0 radical (unpaired) electrons. The summed E-state index contributed by atoms with van der Waals surface area (Å²) in [5.41, 5.74) is 2.58. The van der Waals surface area contributed by atoms with Gasteiger partial charge in [0.1, 0.15) is 5.70 Å². The Labute approximate surface area is 179 Å². The quantitative estimate of drug-likeness (QED) is 0.450. The number of carbonyl (C=O) groups excluding carboxylic acids is 2. The van der Waals surface area contributed by atoms with Crippen LogP contribution in [0.2, 0.25) is 0 Å². The standard InChI is InChI=1S/C21H16Br2N2O3/c1-13-2-8-16(9-3-13)24-20(26)17(12-14-4-6-15(22)7-5-14)25-21(27)18-10-11-19(23)28-18/h2-12H,1H3,(H,24,26)(H,25,27)/b17-12-. The SMILES string of the molecule is Cc1ccc(NC(=O)/C(=C/c2ccc(Br)cc2)NC(=O)c2ccc(Br)o2)cc1. The van der Waals surface area contributed by atoms with Gasteiger partial charge >= 0.3 is 0 Å². The summed E-state index contributed by atoms with van der Waals surface area (Å²) < 4.78 is 6.61. The number of carbonyl (C=O) groups is 2. The maximum atomic E-state index is 12.8. The molecule has 142 valence electrons. The third kappa shape index (κ3) is 5.43. The number of benzene rings is 2. The van der Waals surface area contributed by atoms with E-state index in [1.165, 1.54) is 6.07 Å². The van der Waals surface area contributed by atoms with E-state index in [-0.39, 0.29) is 11.5 Å². The Balaban J connectivity index is 1.86. The molecule has 1 heterocycles. The minimum absolute atomic E-state index is 0.0942. The molecule has 0 aliphatic heterocycles. The summed E-state index contributed by atoms with van der Waals surface area (Å²) >= 11 is 6.54. The van der Waals surface area contributed by atoms with Crippen molar-refractivity contribution in [1.82, 2.24) is 5.32 Å². The lowest BCUT2D eigenvalue weighted by Gasteiger charge is -2.11. The Morgan fingerprint density at radius 1 is 0.929 bits per heavy atom. The van der Waals surface area contributed by atoms with Crippen LogP contribution in [0.15, 0.2) is 79.9 Å². The van der Waals surface area contributed by atoms with Crippen molar-refractivity contribution in [3.8, 4) is 0 Å². The first-order valence-electron chi connectivity index (χ1n) is 8.33. The molecule has 0 saturated heterocycles. The van der Waals surface area contributed by atoms with Crippen molar-refractivity contribution in [1.29, 1.82) is 0 Å². The molecule has 28 heavy (non-hydrogen) atoms. The molecule has 2 aromatic carbocycles. The molecule has 3 aromatic rings. The number of nitrogens with one attached hydrogen (secondary N) is 2. The molecule has 0 bridgehead atoms. The molecule has 2 N–H and O–H groups in total. The number of anilines is 1. The zero-order valence-electron chi connectivity index (χ0n) is 14.8. The number of hydrogen-bond acceptors (Lipinski definition) is 3. The predicted molar refractivity (Wildman–Crippen MR) is 116 cm³/mol. The highest BCUT2D eigenvalue weighted by Crippen LogP contribution is 2.17. The van der Waals surface area contributed by atoms with E-state index >= 15 is 0 Å². The van der Waals surface area contributed by atoms with E-state index in [1.54, 1.807) is 24.3 Å². The lowest BCUT2D eigenvalue weighted by molar-refractivity contribution is -0.113. The van der Waals surface area contributed by atoms with Gasteiger partial charge in [-0.3, -0.25) is 9.59 Å². The Kier molecular flexibility index (Phi) is 6.49. The van der Waals surface area contributed by atoms with E-state index in [0.29, 0.717) is 10.4 Å². The zero-order valence-corrected chi connectivity index (χ0v) is 18.0. The average molecular weight is 504 g/mol. The Morgan fingerprint density at radius 3 is 2.21 bits per heavy atom. The van der Waals surface area contributed by atoms with E-state index in [1.807, 2.05) is 43.3 Å². The maximum Gasteiger partial charge on any atom is 0.291 e. The van der Waals surface area contributed by atoms with Gasteiger partial charge in [0.05, 0.1) is 0 Å². The summed E-state index contributed by atoms with van der Waals surface area (Å²) in [6, 6.07) is 17.9. The largest absolute Gasteiger partial charge is 0.444 e. The first-order valence-corrected chi connectivity index (χ1v) is 9.91. The predicted octanol–water partition coefficient (Wildman–Crippen LogP) is 5.52. The van der Waals surface area contributed by atoms with Gasteiger partial charge in [-0.25, -0.2) is 0 Å². The number of aryl methyl sites for hydroxylation is 1. The Bertz CT molecular complexity index is 1020. The summed E-state index contributed by atoms with van der Waals surface area (Å²) in [5.74, 6) is -0.865. The summed E-state index contributed by atoms with van der Waals surface area (Å²) in [6.07, 6.45) is 1.60. The summed E-state index contributed by atoms with van der Waals surface area (Å²) in [6.45, 7) is 1.96. The molecule has 0 unspecified atom stereocenters. The van der Waals surface area contributed by atoms with E-state index < -0.39 is 11.8 Å². The van der Waals surface area contributed by atoms with Crippen LogP contribution >= 0.6 is 31.9 Å². The Morgan fingerprint density at radius 2 is 1.61 bits per heavy atom. The van der Waals surface area contributed by atoms with Gasteiger partial charge in [0.2, 0.25) is 0 Å². The van der Waals surface area contributed by atoms with Crippen LogP contribution in [-0.4, -0.2) is 11.8 Å². The van der Waals surface area contributed by atoms with Crippen LogP contribution in [0.3, 0.4) is 0 Å². The maximum absolute atomic E-state index is 12.8. The molecule has 7 heteroatoms. The van der Waals surface area contributed by atoms with E-state index in [0.717, 1.165) is 15.6 Å². The van der Waals surface area contributed by atoms with Gasteiger partial charge in [-0.15, -0.1) is 0 Å². The van der Waals surface area contributed by atoms with Crippen LogP contribution in [0.5, 0.6) is 0 Å². The Hall–Kier alpha value is -2.64. The number of rotatable bonds is 5. The van der Waals surface area contributed by atoms with Crippen LogP contribution < -0.4 is 10.6 Å². The lowest BCUT2D eigenvalue weighted by atomic mass is 10.1. The number of furan rings is 1. The molecule has 1 aromatic heterocycles. The van der Waals surface area contributed by atoms with Crippen molar-refractivity contribution in [2.75, 3.05) is 5.32 Å². The number of amides is 2. The van der Waals surface area contributed by atoms with Crippen molar-refractivity contribution < 1.29 is 14.0 Å². The van der Waals surface area contributed by atoms with Gasteiger partial charge in [-0.2, -0.15) is 0 Å². The lowest BCUT2D eigenvalue weighted by Crippen LogP contribution is -2.30. The first-order chi connectivity index (χ1) is 13.4. The third-order valence-corrected chi connectivity index (χ3v) is 4.74. The molecule has 0 saturated carbocycles. The van der Waals surface area contributed by atoms with E-state index in [4.69, 9.17) is 4.42 Å². The second-order valence-electron chi connectivity index (χ2n) is 5.99. The molecular weight excluding hydrogens is 488 g/mol. The summed E-state index contributed by atoms with van der Waals surface area (Å²) in [4.78, 5) is 25.3. The van der Waals surface area contributed by atoms with E-state index in [9.17, 15) is 9.59 Å². The van der Waals surface area contributed by atoms with Crippen molar-refractivity contribution in [3.05, 3.63) is 92.4 Å². The minimum atomic E-state index is -0.520. The van der Waals surface area contributed by atoms with Crippen LogP contribution in [0.25, 0.3) is 6.08 Å². The van der Waals surface area contributed by atoms with Crippen LogP contribution in [0.4, 0.5) is 5.69 Å². The van der Waals surface area contributed by atoms with Crippen molar-refractivity contribution in [3.63, 3.8) is 0 Å². The second-order valence-corrected chi connectivity index (χ2v) is 7.68. The van der Waals surface area contributed by atoms with Gasteiger partial charge in [-0.05, 0) is 70.9 Å². The fourth-order valence-corrected chi connectivity index (χ4v) is 2.91. The molecule has 0 aliphatic carbocycles. The number of hydrogen-bond donors (Lipinski definition) is 2. The third-order valence-electron chi connectivity index (χ3n) is 3.78. The number of halogens is 2. The van der Waals surface area contributed by atoms with E-state index in [2.05, 4.69) is 42.5 Å². The molecule has 0 spiro atoms. The summed E-state index contributed by atoms with van der Waals surface area (Å²) in [5, 5.41) is 5.42. The van der Waals surface area contributed by atoms with Crippen LogP contribution in [-0.2, 0) is 4.79 Å². The zero-order chi connectivity index (χ0) is 20.1. The normalized spacial score (nSPS) is 11.2. The first kappa shape index (κ1) is 20.1. The highest BCUT2D eigenvalue weighted by atomic mass is 79.9. The highest BCUT2D eigenvalue weighted by Gasteiger charge is 2.17. The van der Waals surface area contributed by atoms with Gasteiger partial charge < -0.3 is 15.1 Å². The fourth-order valence-electron chi connectivity index (χ4n) is 2.34. The molecule has 0 fully saturated rings. The van der Waals surface area contributed by atoms with Crippen LogP contribution in [0, 0.1) is 6.92 Å². The fraction of sp³-hybridized carbons (Fsp3) is 0.0476. The minimum Gasteiger partial charge on any atom is -0.444 e. The van der Waals surface area contributed by atoms with Gasteiger partial charge in [0.15, 0.2) is 10.4 Å².